The summed E-state index contributed by atoms with van der Waals surface area (Å²) in [6.07, 6.45) is -2.72. The van der Waals surface area contributed by atoms with E-state index >= 15 is 0 Å². The van der Waals surface area contributed by atoms with Gasteiger partial charge in [0.2, 0.25) is 0 Å². The first-order valence-electron chi connectivity index (χ1n) is 4.61. The fourth-order valence-corrected chi connectivity index (χ4v) is 2.59. The first-order chi connectivity index (χ1) is 7.82. The average Bonchev–Trinajstić information content (AvgIpc) is 2.25. The van der Waals surface area contributed by atoms with Crippen LogP contribution in [0.3, 0.4) is 0 Å². The van der Waals surface area contributed by atoms with Crippen LogP contribution >= 0.6 is 10.7 Å². The van der Waals surface area contributed by atoms with Gasteiger partial charge in [0.15, 0.2) is 0 Å². The summed E-state index contributed by atoms with van der Waals surface area (Å²) in [5.41, 5.74) is -0.766. The van der Waals surface area contributed by atoms with Gasteiger partial charge in [-0.3, -0.25) is 0 Å². The third-order valence-electron chi connectivity index (χ3n) is 2.27. The fraction of sp³-hybridized carbons (Fsp3) is 0.300. The lowest BCUT2D eigenvalue weighted by atomic mass is 10.0. The molecule has 0 fully saturated rings. The maximum Gasteiger partial charge on any atom is 0.266 e. The van der Waals surface area contributed by atoms with E-state index in [1.54, 1.807) is 13.0 Å². The van der Waals surface area contributed by atoms with Crippen LogP contribution in [0.1, 0.15) is 30.0 Å². The largest absolute Gasteiger partial charge is 0.266 e. The number of alkyl halides is 2. The molecule has 1 aromatic carbocycles. The summed E-state index contributed by atoms with van der Waals surface area (Å²) in [6, 6.07) is 3.93. The maximum atomic E-state index is 12.8. The smallest absolute Gasteiger partial charge is 0.207 e. The van der Waals surface area contributed by atoms with Crippen LogP contribution in [0.5, 0.6) is 0 Å². The van der Waals surface area contributed by atoms with Crippen LogP contribution in [0.25, 0.3) is 0 Å². The number of halogens is 3. The van der Waals surface area contributed by atoms with Crippen molar-refractivity contribution < 1.29 is 17.2 Å². The van der Waals surface area contributed by atoms with Gasteiger partial charge in [-0.1, -0.05) is 13.0 Å². The highest BCUT2D eigenvalue weighted by Gasteiger charge is 2.26. The highest BCUT2D eigenvalue weighted by atomic mass is 35.7. The molecule has 1 rings (SSSR count). The number of benzene rings is 1. The number of hydrogen-bond donors (Lipinski definition) is 0. The molecule has 17 heavy (non-hydrogen) atoms. The van der Waals surface area contributed by atoms with Gasteiger partial charge in [0.1, 0.15) is 0 Å². The predicted molar refractivity (Wildman–Crippen MR) is 58.5 cm³/mol. The van der Waals surface area contributed by atoms with Crippen LogP contribution in [0.15, 0.2) is 17.0 Å². The molecule has 0 aliphatic carbocycles. The van der Waals surface area contributed by atoms with Crippen LogP contribution < -0.4 is 0 Å². The van der Waals surface area contributed by atoms with Crippen LogP contribution in [-0.4, -0.2) is 8.42 Å². The van der Waals surface area contributed by atoms with Gasteiger partial charge in [0, 0.05) is 10.7 Å². The number of aryl methyl sites for hydroxylation is 1. The van der Waals surface area contributed by atoms with Crippen LogP contribution in [0.4, 0.5) is 8.78 Å². The van der Waals surface area contributed by atoms with Crippen molar-refractivity contribution in [1.29, 1.82) is 5.26 Å². The van der Waals surface area contributed by atoms with Crippen molar-refractivity contribution in [2.45, 2.75) is 24.7 Å². The molecule has 0 unspecified atom stereocenters. The monoisotopic (exact) mass is 279 g/mol. The highest BCUT2D eigenvalue weighted by molar-refractivity contribution is 8.13. The van der Waals surface area contributed by atoms with E-state index in [2.05, 4.69) is 0 Å². The number of hydrogen-bond acceptors (Lipinski definition) is 3. The lowest BCUT2D eigenvalue weighted by Crippen LogP contribution is -2.04. The Morgan fingerprint density at radius 1 is 1.47 bits per heavy atom. The minimum Gasteiger partial charge on any atom is -0.207 e. The normalized spacial score (nSPS) is 11.5. The lowest BCUT2D eigenvalue weighted by Gasteiger charge is -2.11. The van der Waals surface area contributed by atoms with E-state index in [0.717, 1.165) is 6.07 Å². The second-order valence-electron chi connectivity index (χ2n) is 3.22. The summed E-state index contributed by atoms with van der Waals surface area (Å²) in [7, 11) is 0.767. The number of nitriles is 1. The van der Waals surface area contributed by atoms with Gasteiger partial charge >= 0.3 is 0 Å². The Balaban J connectivity index is 3.74. The van der Waals surface area contributed by atoms with E-state index in [0.29, 0.717) is 12.0 Å². The van der Waals surface area contributed by atoms with Gasteiger partial charge in [-0.25, -0.2) is 17.2 Å². The summed E-state index contributed by atoms with van der Waals surface area (Å²) in [6.45, 7) is 1.68. The summed E-state index contributed by atoms with van der Waals surface area (Å²) in [5, 5.41) is 8.85. The van der Waals surface area contributed by atoms with Gasteiger partial charge in [-0.2, -0.15) is 5.26 Å². The molecule has 0 atom stereocenters. The first kappa shape index (κ1) is 13.9. The Hall–Kier alpha value is -1.19. The molecule has 92 valence electrons. The van der Waals surface area contributed by atoms with E-state index in [4.69, 9.17) is 15.9 Å². The Morgan fingerprint density at radius 3 is 2.41 bits per heavy atom. The van der Waals surface area contributed by atoms with Crippen LogP contribution in [0, 0.1) is 11.3 Å². The van der Waals surface area contributed by atoms with Crippen molar-refractivity contribution in [3.63, 3.8) is 0 Å². The standard InChI is InChI=1S/C10H8ClF2NO2S/c1-2-6-3-4-8(17(11,15)16)9(10(12)13)7(6)5-14/h3-4,10H,2H2,1H3. The maximum absolute atomic E-state index is 12.8. The van der Waals surface area contributed by atoms with Crippen molar-refractivity contribution in [3.05, 3.63) is 28.8 Å². The van der Waals surface area contributed by atoms with Crippen LogP contribution in [-0.2, 0) is 15.5 Å². The minimum atomic E-state index is -4.29. The fourth-order valence-electron chi connectivity index (χ4n) is 1.50. The molecule has 0 aromatic heterocycles. The molecule has 0 bridgehead atoms. The molecule has 0 radical (unpaired) electrons. The molecule has 0 heterocycles. The molecular weight excluding hydrogens is 272 g/mol. The molecule has 0 N–H and O–H groups in total. The molecule has 0 saturated carbocycles. The zero-order valence-electron chi connectivity index (χ0n) is 8.75. The van der Waals surface area contributed by atoms with Crippen molar-refractivity contribution in [3.8, 4) is 6.07 Å². The number of rotatable bonds is 3. The van der Waals surface area contributed by atoms with E-state index < -0.39 is 25.9 Å². The molecule has 7 heteroatoms. The quantitative estimate of drug-likeness (QED) is 0.799. The molecular formula is C10H8ClF2NO2S. The van der Waals surface area contributed by atoms with Gasteiger partial charge in [0.25, 0.3) is 15.5 Å². The van der Waals surface area contributed by atoms with Gasteiger partial charge in [-0.15, -0.1) is 0 Å². The molecule has 0 amide bonds. The lowest BCUT2D eigenvalue weighted by molar-refractivity contribution is 0.147. The summed E-state index contributed by atoms with van der Waals surface area (Å²) < 4.78 is 48.0. The van der Waals surface area contributed by atoms with Gasteiger partial charge in [0.05, 0.1) is 22.1 Å². The molecule has 0 aliphatic rings. The minimum absolute atomic E-state index is 0.316. The van der Waals surface area contributed by atoms with E-state index in [9.17, 15) is 17.2 Å². The Bertz CT molecular complexity index is 579. The highest BCUT2D eigenvalue weighted by Crippen LogP contribution is 2.33. The molecule has 1 aromatic rings. The Kier molecular flexibility index (Phi) is 4.07. The first-order valence-corrected chi connectivity index (χ1v) is 6.92. The van der Waals surface area contributed by atoms with Crippen molar-refractivity contribution >= 4 is 19.7 Å². The third kappa shape index (κ3) is 2.73. The Labute approximate surface area is 102 Å². The van der Waals surface area contributed by atoms with Crippen molar-refractivity contribution in [2.75, 3.05) is 0 Å². The SMILES string of the molecule is CCc1ccc(S(=O)(=O)Cl)c(C(F)F)c1C#N. The second-order valence-corrected chi connectivity index (χ2v) is 5.75. The van der Waals surface area contributed by atoms with E-state index in [-0.39, 0.29) is 5.56 Å². The van der Waals surface area contributed by atoms with E-state index in [1.807, 2.05) is 0 Å². The van der Waals surface area contributed by atoms with Crippen molar-refractivity contribution in [1.82, 2.24) is 0 Å². The van der Waals surface area contributed by atoms with Crippen molar-refractivity contribution in [2.24, 2.45) is 0 Å². The van der Waals surface area contributed by atoms with E-state index in [1.165, 1.54) is 6.07 Å². The third-order valence-corrected chi connectivity index (χ3v) is 3.65. The van der Waals surface area contributed by atoms with Crippen LogP contribution in [0.2, 0.25) is 0 Å². The molecule has 3 nitrogen and oxygen atoms in total. The predicted octanol–water partition coefficient (Wildman–Crippen LogP) is 2.99. The average molecular weight is 280 g/mol. The summed E-state index contributed by atoms with van der Waals surface area (Å²) >= 11 is 0. The molecule has 0 saturated heterocycles. The zero-order valence-corrected chi connectivity index (χ0v) is 10.3. The summed E-state index contributed by atoms with van der Waals surface area (Å²) in [4.78, 5) is -0.706. The van der Waals surface area contributed by atoms with Gasteiger partial charge in [-0.05, 0) is 18.1 Å². The Morgan fingerprint density at radius 2 is 2.06 bits per heavy atom. The zero-order chi connectivity index (χ0) is 13.2. The van der Waals surface area contributed by atoms with Gasteiger partial charge < -0.3 is 0 Å². The number of nitrogens with zero attached hydrogens (tertiary/aromatic N) is 1. The molecule has 0 aliphatic heterocycles. The topological polar surface area (TPSA) is 57.9 Å². The second kappa shape index (κ2) is 4.98. The molecule has 0 spiro atoms. The summed E-state index contributed by atoms with van der Waals surface area (Å²) in [5.74, 6) is 0.